The van der Waals surface area contributed by atoms with E-state index in [1.54, 1.807) is 6.33 Å². The molecule has 0 fully saturated rings. The Labute approximate surface area is 114 Å². The average molecular weight is 275 g/mol. The fraction of sp³-hybridized carbons (Fsp3) is 0.0833. The van der Waals surface area contributed by atoms with Crippen LogP contribution >= 0.6 is 11.6 Å². The Morgan fingerprint density at radius 1 is 1.32 bits per heavy atom. The number of aromatic nitrogens is 4. The number of fused-ring (bicyclic) bond motifs is 1. The number of hydrogen-bond donors (Lipinski definition) is 3. The zero-order chi connectivity index (χ0) is 13.4. The molecule has 4 N–H and O–H groups in total. The molecule has 0 saturated heterocycles. The Bertz CT molecular complexity index is 751. The van der Waals surface area contributed by atoms with E-state index in [9.17, 15) is 0 Å². The number of aromatic amines is 1. The van der Waals surface area contributed by atoms with Crippen LogP contribution in [0.4, 0.5) is 17.5 Å². The molecule has 3 aromatic rings. The first kappa shape index (κ1) is 11.7. The number of nitrogens with two attached hydrogens (primary N) is 1. The number of benzene rings is 1. The molecular weight excluding hydrogens is 264 g/mol. The number of rotatable bonds is 2. The second-order valence-electron chi connectivity index (χ2n) is 4.12. The predicted molar refractivity (Wildman–Crippen MR) is 75.6 cm³/mol. The van der Waals surface area contributed by atoms with Crippen LogP contribution in [-0.2, 0) is 0 Å². The third kappa shape index (κ3) is 2.17. The molecule has 3 rings (SSSR count). The first-order chi connectivity index (χ1) is 9.13. The number of anilines is 3. The molecule has 0 aliphatic rings. The number of aryl methyl sites for hydroxylation is 1. The molecule has 19 heavy (non-hydrogen) atoms. The SMILES string of the molecule is Cc1ccc(Cl)cc1Nc1nc(N)nc2nc[nH]c12. The quantitative estimate of drug-likeness (QED) is 0.668. The summed E-state index contributed by atoms with van der Waals surface area (Å²) in [6.45, 7) is 1.98. The standard InChI is InChI=1S/C12H11ClN6/c1-6-2-3-7(13)4-8(6)17-11-9-10(16-5-15-9)18-12(14)19-11/h2-5H,1H3,(H4,14,15,16,17,18,19). The number of nitrogens with one attached hydrogen (secondary N) is 2. The molecule has 1 aromatic carbocycles. The van der Waals surface area contributed by atoms with Gasteiger partial charge in [0.15, 0.2) is 11.5 Å². The van der Waals surface area contributed by atoms with E-state index in [0.29, 0.717) is 22.0 Å². The van der Waals surface area contributed by atoms with Gasteiger partial charge in [-0.25, -0.2) is 4.98 Å². The summed E-state index contributed by atoms with van der Waals surface area (Å²) in [5.41, 5.74) is 8.80. The van der Waals surface area contributed by atoms with Gasteiger partial charge in [-0.15, -0.1) is 0 Å². The average Bonchev–Trinajstić information content (AvgIpc) is 2.82. The fourth-order valence-corrected chi connectivity index (χ4v) is 1.97. The van der Waals surface area contributed by atoms with Crippen molar-refractivity contribution in [3.8, 4) is 0 Å². The molecule has 0 atom stereocenters. The van der Waals surface area contributed by atoms with E-state index in [2.05, 4.69) is 25.3 Å². The molecule has 7 heteroatoms. The lowest BCUT2D eigenvalue weighted by Crippen LogP contribution is -2.02. The smallest absolute Gasteiger partial charge is 0.224 e. The van der Waals surface area contributed by atoms with Gasteiger partial charge in [-0.2, -0.15) is 9.97 Å². The second kappa shape index (κ2) is 4.40. The van der Waals surface area contributed by atoms with Gasteiger partial charge >= 0.3 is 0 Å². The highest BCUT2D eigenvalue weighted by Gasteiger charge is 2.09. The second-order valence-corrected chi connectivity index (χ2v) is 4.55. The lowest BCUT2D eigenvalue weighted by molar-refractivity contribution is 1.21. The maximum Gasteiger partial charge on any atom is 0.224 e. The highest BCUT2D eigenvalue weighted by Crippen LogP contribution is 2.26. The molecule has 0 saturated carbocycles. The molecule has 0 amide bonds. The van der Waals surface area contributed by atoms with Crippen LogP contribution in [0.1, 0.15) is 5.56 Å². The number of halogens is 1. The van der Waals surface area contributed by atoms with Gasteiger partial charge in [0.2, 0.25) is 5.95 Å². The third-order valence-electron chi connectivity index (χ3n) is 2.76. The molecule has 0 aliphatic heterocycles. The highest BCUT2D eigenvalue weighted by atomic mass is 35.5. The number of nitrogen functional groups attached to an aromatic ring is 1. The van der Waals surface area contributed by atoms with Crippen LogP contribution in [0.3, 0.4) is 0 Å². The molecule has 0 spiro atoms. The summed E-state index contributed by atoms with van der Waals surface area (Å²) in [5, 5.41) is 3.85. The van der Waals surface area contributed by atoms with Crippen molar-refractivity contribution in [1.29, 1.82) is 0 Å². The predicted octanol–water partition coefficient (Wildman–Crippen LogP) is 2.64. The Morgan fingerprint density at radius 3 is 3.00 bits per heavy atom. The van der Waals surface area contributed by atoms with Crippen LogP contribution in [0.15, 0.2) is 24.5 Å². The minimum Gasteiger partial charge on any atom is -0.368 e. The lowest BCUT2D eigenvalue weighted by Gasteiger charge is -2.10. The summed E-state index contributed by atoms with van der Waals surface area (Å²) < 4.78 is 0. The van der Waals surface area contributed by atoms with Crippen LogP contribution in [-0.4, -0.2) is 19.9 Å². The van der Waals surface area contributed by atoms with Crippen molar-refractivity contribution in [2.24, 2.45) is 0 Å². The van der Waals surface area contributed by atoms with Gasteiger partial charge in [0.25, 0.3) is 0 Å². The van der Waals surface area contributed by atoms with Crippen LogP contribution in [0.25, 0.3) is 11.2 Å². The molecule has 6 nitrogen and oxygen atoms in total. The first-order valence-electron chi connectivity index (χ1n) is 5.63. The number of imidazole rings is 1. The van der Waals surface area contributed by atoms with Gasteiger partial charge in [0.05, 0.1) is 6.33 Å². The van der Waals surface area contributed by atoms with Crippen LogP contribution < -0.4 is 11.1 Å². The monoisotopic (exact) mass is 274 g/mol. The van der Waals surface area contributed by atoms with Crippen molar-refractivity contribution in [3.63, 3.8) is 0 Å². The largest absolute Gasteiger partial charge is 0.368 e. The van der Waals surface area contributed by atoms with E-state index in [1.807, 2.05) is 25.1 Å². The van der Waals surface area contributed by atoms with Crippen molar-refractivity contribution < 1.29 is 0 Å². The molecule has 0 radical (unpaired) electrons. The summed E-state index contributed by atoms with van der Waals surface area (Å²) in [5.74, 6) is 0.743. The van der Waals surface area contributed by atoms with Gasteiger partial charge in [-0.05, 0) is 24.6 Å². The van der Waals surface area contributed by atoms with E-state index < -0.39 is 0 Å². The molecule has 0 unspecified atom stereocenters. The summed E-state index contributed by atoms with van der Waals surface area (Å²) in [6.07, 6.45) is 1.55. The highest BCUT2D eigenvalue weighted by molar-refractivity contribution is 6.30. The van der Waals surface area contributed by atoms with Crippen molar-refractivity contribution in [1.82, 2.24) is 19.9 Å². The fourth-order valence-electron chi connectivity index (χ4n) is 1.80. The molecule has 0 aliphatic carbocycles. The Morgan fingerprint density at radius 2 is 2.16 bits per heavy atom. The maximum absolute atomic E-state index is 5.99. The summed E-state index contributed by atoms with van der Waals surface area (Å²) >= 11 is 5.99. The van der Waals surface area contributed by atoms with Crippen molar-refractivity contribution in [2.75, 3.05) is 11.1 Å². The van der Waals surface area contributed by atoms with Crippen molar-refractivity contribution in [2.45, 2.75) is 6.92 Å². The molecular formula is C12H11ClN6. The number of nitrogens with zero attached hydrogens (tertiary/aromatic N) is 3. The van der Waals surface area contributed by atoms with E-state index in [-0.39, 0.29) is 5.95 Å². The van der Waals surface area contributed by atoms with E-state index in [0.717, 1.165) is 11.3 Å². The van der Waals surface area contributed by atoms with E-state index in [4.69, 9.17) is 17.3 Å². The zero-order valence-electron chi connectivity index (χ0n) is 10.1. The molecule has 0 bridgehead atoms. The van der Waals surface area contributed by atoms with Gasteiger partial charge in [-0.3, -0.25) is 0 Å². The normalized spacial score (nSPS) is 10.8. The molecule has 2 heterocycles. The van der Waals surface area contributed by atoms with Gasteiger partial charge < -0.3 is 16.0 Å². The minimum atomic E-state index is 0.168. The summed E-state index contributed by atoms with van der Waals surface area (Å²) in [6, 6.07) is 5.60. The van der Waals surface area contributed by atoms with Crippen LogP contribution in [0.5, 0.6) is 0 Å². The Hall–Kier alpha value is -2.34. The summed E-state index contributed by atoms with van der Waals surface area (Å²) in [4.78, 5) is 15.3. The maximum atomic E-state index is 5.99. The Balaban J connectivity index is 2.10. The van der Waals surface area contributed by atoms with E-state index in [1.165, 1.54) is 0 Å². The van der Waals surface area contributed by atoms with E-state index >= 15 is 0 Å². The molecule has 2 aromatic heterocycles. The third-order valence-corrected chi connectivity index (χ3v) is 2.99. The van der Waals surface area contributed by atoms with Gasteiger partial charge in [0, 0.05) is 10.7 Å². The topological polar surface area (TPSA) is 92.5 Å². The number of hydrogen-bond acceptors (Lipinski definition) is 5. The lowest BCUT2D eigenvalue weighted by atomic mass is 10.2. The summed E-state index contributed by atoms with van der Waals surface area (Å²) in [7, 11) is 0. The van der Waals surface area contributed by atoms with Crippen LogP contribution in [0, 0.1) is 6.92 Å². The minimum absolute atomic E-state index is 0.168. The van der Waals surface area contributed by atoms with Gasteiger partial charge in [0.1, 0.15) is 5.52 Å². The van der Waals surface area contributed by atoms with Gasteiger partial charge in [-0.1, -0.05) is 17.7 Å². The number of H-pyrrole nitrogens is 1. The Kier molecular flexibility index (Phi) is 2.72. The first-order valence-corrected chi connectivity index (χ1v) is 6.01. The zero-order valence-corrected chi connectivity index (χ0v) is 10.9. The van der Waals surface area contributed by atoms with Crippen LogP contribution in [0.2, 0.25) is 5.02 Å². The van der Waals surface area contributed by atoms with Crippen molar-refractivity contribution >= 4 is 40.2 Å². The molecule has 96 valence electrons. The van der Waals surface area contributed by atoms with Crippen molar-refractivity contribution in [3.05, 3.63) is 35.1 Å².